The Bertz CT molecular complexity index is 800. The topological polar surface area (TPSA) is 66.5 Å². The lowest BCUT2D eigenvalue weighted by atomic mass is 9.96. The Morgan fingerprint density at radius 3 is 2.38 bits per heavy atom. The average molecular weight is 350 g/mol. The molecular weight excluding hydrogens is 328 g/mol. The highest BCUT2D eigenvalue weighted by Gasteiger charge is 2.31. The van der Waals surface area contributed by atoms with E-state index in [-0.39, 0.29) is 18.4 Å². The van der Waals surface area contributed by atoms with E-state index in [1.165, 1.54) is 4.90 Å². The number of carbonyl (C=O) groups is 3. The molecule has 0 bridgehead atoms. The first-order valence-electron chi connectivity index (χ1n) is 8.81. The van der Waals surface area contributed by atoms with Crippen LogP contribution >= 0.6 is 0 Å². The van der Waals surface area contributed by atoms with Gasteiger partial charge in [-0.25, -0.2) is 0 Å². The molecule has 0 saturated carbocycles. The second-order valence-corrected chi connectivity index (χ2v) is 6.64. The molecule has 0 radical (unpaired) electrons. The lowest BCUT2D eigenvalue weighted by Crippen LogP contribution is -2.46. The second kappa shape index (κ2) is 7.95. The molecule has 1 saturated heterocycles. The first-order valence-corrected chi connectivity index (χ1v) is 8.81. The summed E-state index contributed by atoms with van der Waals surface area (Å²) >= 11 is 0. The number of anilines is 1. The van der Waals surface area contributed by atoms with Crippen LogP contribution in [0.15, 0.2) is 54.6 Å². The fraction of sp³-hybridized carbons (Fsp3) is 0.286. The summed E-state index contributed by atoms with van der Waals surface area (Å²) in [4.78, 5) is 39.0. The fourth-order valence-corrected chi connectivity index (χ4v) is 3.11. The van der Waals surface area contributed by atoms with Crippen molar-refractivity contribution in [2.45, 2.75) is 19.8 Å². The number of piperidine rings is 1. The Morgan fingerprint density at radius 2 is 1.69 bits per heavy atom. The van der Waals surface area contributed by atoms with Crippen molar-refractivity contribution < 1.29 is 14.4 Å². The van der Waals surface area contributed by atoms with Gasteiger partial charge < -0.3 is 10.2 Å². The average Bonchev–Trinajstić information content (AvgIpc) is 2.68. The first-order chi connectivity index (χ1) is 12.5. The molecule has 0 aliphatic carbocycles. The van der Waals surface area contributed by atoms with Crippen LogP contribution in [-0.4, -0.2) is 35.6 Å². The molecule has 0 spiro atoms. The quantitative estimate of drug-likeness (QED) is 0.681. The molecule has 1 aliphatic rings. The molecule has 1 fully saturated rings. The van der Waals surface area contributed by atoms with Crippen molar-refractivity contribution in [2.75, 3.05) is 18.4 Å². The highest BCUT2D eigenvalue weighted by Crippen LogP contribution is 2.20. The lowest BCUT2D eigenvalue weighted by Gasteiger charge is -2.31. The van der Waals surface area contributed by atoms with E-state index in [1.54, 1.807) is 12.1 Å². The highest BCUT2D eigenvalue weighted by molar-refractivity contribution is 6.42. The van der Waals surface area contributed by atoms with Crippen LogP contribution < -0.4 is 5.32 Å². The smallest absolute Gasteiger partial charge is 0.294 e. The number of likely N-dealkylation sites (tertiary alicyclic amines) is 1. The number of hydrogen-bond donors (Lipinski definition) is 1. The van der Waals surface area contributed by atoms with E-state index in [4.69, 9.17) is 0 Å². The molecule has 26 heavy (non-hydrogen) atoms. The number of Topliss-reactive ketones (excluding diaryl/α,β-unsaturated/α-hetero) is 1. The number of nitrogens with zero attached hydrogens (tertiary/aromatic N) is 1. The Hall–Kier alpha value is -2.95. The summed E-state index contributed by atoms with van der Waals surface area (Å²) in [5, 5.41) is 2.88. The third-order valence-electron chi connectivity index (χ3n) is 4.63. The molecule has 5 heteroatoms. The predicted molar refractivity (Wildman–Crippen MR) is 99.9 cm³/mol. The van der Waals surface area contributed by atoms with Crippen LogP contribution in [0.5, 0.6) is 0 Å². The zero-order valence-electron chi connectivity index (χ0n) is 14.8. The van der Waals surface area contributed by atoms with Crippen LogP contribution in [0.25, 0.3) is 0 Å². The van der Waals surface area contributed by atoms with Gasteiger partial charge in [0.15, 0.2) is 0 Å². The number of amides is 2. The van der Waals surface area contributed by atoms with Crippen LogP contribution in [0.3, 0.4) is 0 Å². The molecule has 134 valence electrons. The lowest BCUT2D eigenvalue weighted by molar-refractivity contribution is -0.130. The predicted octanol–water partition coefficient (Wildman–Crippen LogP) is 3.06. The SMILES string of the molecule is Cc1ccc(C(=O)C(=O)N2CCCC(C(=O)Nc3ccccc3)C2)cc1. The van der Waals surface area contributed by atoms with Crippen LogP contribution in [-0.2, 0) is 9.59 Å². The number of benzene rings is 2. The van der Waals surface area contributed by atoms with E-state index >= 15 is 0 Å². The maximum absolute atomic E-state index is 12.6. The maximum Gasteiger partial charge on any atom is 0.294 e. The molecule has 1 atom stereocenters. The van der Waals surface area contributed by atoms with Gasteiger partial charge in [0.05, 0.1) is 5.92 Å². The van der Waals surface area contributed by atoms with Crippen molar-refractivity contribution in [1.29, 1.82) is 0 Å². The van der Waals surface area contributed by atoms with Crippen molar-refractivity contribution in [3.05, 3.63) is 65.7 Å². The van der Waals surface area contributed by atoms with Gasteiger partial charge in [-0.05, 0) is 31.9 Å². The van der Waals surface area contributed by atoms with Crippen molar-refractivity contribution in [2.24, 2.45) is 5.92 Å². The molecular formula is C21H22N2O3. The van der Waals surface area contributed by atoms with E-state index < -0.39 is 11.7 Å². The Balaban J connectivity index is 1.64. The van der Waals surface area contributed by atoms with Crippen LogP contribution in [0, 0.1) is 12.8 Å². The Kier molecular flexibility index (Phi) is 5.46. The van der Waals surface area contributed by atoms with E-state index in [2.05, 4.69) is 5.32 Å². The van der Waals surface area contributed by atoms with Crippen LogP contribution in [0.1, 0.15) is 28.8 Å². The van der Waals surface area contributed by atoms with Gasteiger partial charge >= 0.3 is 0 Å². The number of hydrogen-bond acceptors (Lipinski definition) is 3. The monoisotopic (exact) mass is 350 g/mol. The third-order valence-corrected chi connectivity index (χ3v) is 4.63. The van der Waals surface area contributed by atoms with Gasteiger partial charge in [-0.15, -0.1) is 0 Å². The van der Waals surface area contributed by atoms with Gasteiger partial charge in [0, 0.05) is 24.3 Å². The molecule has 0 aromatic heterocycles. The second-order valence-electron chi connectivity index (χ2n) is 6.64. The number of para-hydroxylation sites is 1. The molecule has 1 N–H and O–H groups in total. The molecule has 2 amide bonds. The van der Waals surface area contributed by atoms with Crippen molar-refractivity contribution >= 4 is 23.3 Å². The van der Waals surface area contributed by atoms with Gasteiger partial charge in [0.1, 0.15) is 0 Å². The number of ketones is 1. The summed E-state index contributed by atoms with van der Waals surface area (Å²) in [7, 11) is 0. The Labute approximate surface area is 153 Å². The van der Waals surface area contributed by atoms with Crippen LogP contribution in [0.2, 0.25) is 0 Å². The van der Waals surface area contributed by atoms with Gasteiger partial charge in [-0.1, -0.05) is 48.0 Å². The van der Waals surface area contributed by atoms with E-state index in [1.807, 2.05) is 49.4 Å². The Morgan fingerprint density at radius 1 is 1.00 bits per heavy atom. The summed E-state index contributed by atoms with van der Waals surface area (Å²) in [5.74, 6) is -1.48. The summed E-state index contributed by atoms with van der Waals surface area (Å²) in [6.45, 7) is 2.71. The zero-order valence-corrected chi connectivity index (χ0v) is 14.8. The van der Waals surface area contributed by atoms with Crippen molar-refractivity contribution in [1.82, 2.24) is 4.90 Å². The highest BCUT2D eigenvalue weighted by atomic mass is 16.2. The number of aryl methyl sites for hydroxylation is 1. The normalized spacial score (nSPS) is 16.8. The number of nitrogens with one attached hydrogen (secondary N) is 1. The van der Waals surface area contributed by atoms with Gasteiger partial charge in [-0.3, -0.25) is 14.4 Å². The maximum atomic E-state index is 12.6. The number of carbonyl (C=O) groups excluding carboxylic acids is 3. The molecule has 1 aliphatic heterocycles. The minimum atomic E-state index is -0.536. The molecule has 5 nitrogen and oxygen atoms in total. The van der Waals surface area contributed by atoms with Crippen molar-refractivity contribution in [3.63, 3.8) is 0 Å². The largest absolute Gasteiger partial charge is 0.335 e. The minimum Gasteiger partial charge on any atom is -0.335 e. The molecule has 3 rings (SSSR count). The summed E-state index contributed by atoms with van der Waals surface area (Å²) in [5.41, 5.74) is 2.15. The minimum absolute atomic E-state index is 0.114. The van der Waals surface area contributed by atoms with Gasteiger partial charge in [0.25, 0.3) is 5.91 Å². The van der Waals surface area contributed by atoms with E-state index in [0.29, 0.717) is 24.9 Å². The third kappa shape index (κ3) is 4.17. The molecule has 2 aromatic rings. The summed E-state index contributed by atoms with van der Waals surface area (Å²) < 4.78 is 0. The standard InChI is InChI=1S/C21H22N2O3/c1-15-9-11-16(12-10-15)19(24)21(26)23-13-5-6-17(14-23)20(25)22-18-7-3-2-4-8-18/h2-4,7-12,17H,5-6,13-14H2,1H3,(H,22,25). The summed E-state index contributed by atoms with van der Waals surface area (Å²) in [6, 6.07) is 16.2. The van der Waals surface area contributed by atoms with Gasteiger partial charge in [-0.2, -0.15) is 0 Å². The molecule has 1 unspecified atom stereocenters. The molecule has 1 heterocycles. The molecule has 2 aromatic carbocycles. The van der Waals surface area contributed by atoms with Crippen LogP contribution in [0.4, 0.5) is 5.69 Å². The van der Waals surface area contributed by atoms with Gasteiger partial charge in [0.2, 0.25) is 11.7 Å². The van der Waals surface area contributed by atoms with E-state index in [0.717, 1.165) is 11.3 Å². The first kappa shape index (κ1) is 17.9. The summed E-state index contributed by atoms with van der Waals surface area (Å²) in [6.07, 6.45) is 1.42. The fourth-order valence-electron chi connectivity index (χ4n) is 3.11. The zero-order chi connectivity index (χ0) is 18.5. The number of rotatable bonds is 4. The van der Waals surface area contributed by atoms with E-state index in [9.17, 15) is 14.4 Å². The van der Waals surface area contributed by atoms with Crippen molar-refractivity contribution in [3.8, 4) is 0 Å².